The molecule has 0 aliphatic heterocycles. The molecular formula is C10H10Br2N2O. The van der Waals surface area contributed by atoms with Gasteiger partial charge in [-0.1, -0.05) is 28.1 Å². The van der Waals surface area contributed by atoms with Gasteiger partial charge in [0.25, 0.3) is 0 Å². The first kappa shape index (κ1) is 12.4. The van der Waals surface area contributed by atoms with E-state index in [1.165, 1.54) is 0 Å². The van der Waals surface area contributed by atoms with E-state index in [4.69, 9.17) is 0 Å². The number of benzene rings is 1. The van der Waals surface area contributed by atoms with Crippen LogP contribution in [-0.2, 0) is 7.05 Å². The second-order valence-corrected chi connectivity index (χ2v) is 3.62. The number of alkyl halides is 1. The maximum absolute atomic E-state index is 11.6. The predicted octanol–water partition coefficient (Wildman–Crippen LogP) is 2.73. The van der Waals surface area contributed by atoms with Crippen LogP contribution in [0.1, 0.15) is 10.4 Å². The minimum atomic E-state index is 0. The highest BCUT2D eigenvalue weighted by Gasteiger charge is 2.10. The largest absolute Gasteiger partial charge is 0.293 e. The van der Waals surface area contributed by atoms with Crippen LogP contribution in [0.25, 0.3) is 10.9 Å². The van der Waals surface area contributed by atoms with Gasteiger partial charge in [0.15, 0.2) is 5.78 Å². The minimum absolute atomic E-state index is 0. The molecule has 0 bridgehead atoms. The Morgan fingerprint density at radius 1 is 1.53 bits per heavy atom. The molecular weight excluding hydrogens is 324 g/mol. The lowest BCUT2D eigenvalue weighted by molar-refractivity contribution is 0.102. The molecule has 0 aliphatic rings. The van der Waals surface area contributed by atoms with Gasteiger partial charge in [0, 0.05) is 18.0 Å². The first-order valence-corrected chi connectivity index (χ1v) is 5.36. The van der Waals surface area contributed by atoms with Gasteiger partial charge >= 0.3 is 0 Å². The molecule has 0 aliphatic carbocycles. The van der Waals surface area contributed by atoms with Crippen molar-refractivity contribution in [1.29, 1.82) is 0 Å². The van der Waals surface area contributed by atoms with Gasteiger partial charge in [-0.25, -0.2) is 0 Å². The van der Waals surface area contributed by atoms with Crippen molar-refractivity contribution in [3.05, 3.63) is 30.0 Å². The van der Waals surface area contributed by atoms with Crippen LogP contribution in [0, 0.1) is 0 Å². The smallest absolute Gasteiger partial charge is 0.174 e. The zero-order chi connectivity index (χ0) is 10.1. The summed E-state index contributed by atoms with van der Waals surface area (Å²) in [7, 11) is 1.87. The van der Waals surface area contributed by atoms with Crippen LogP contribution < -0.4 is 0 Å². The molecule has 5 heteroatoms. The second kappa shape index (κ2) is 4.90. The highest BCUT2D eigenvalue weighted by molar-refractivity contribution is 9.09. The van der Waals surface area contributed by atoms with Crippen molar-refractivity contribution in [1.82, 2.24) is 9.78 Å². The second-order valence-electron chi connectivity index (χ2n) is 3.06. The number of carbonyl (C=O) groups is 1. The Hall–Kier alpha value is -0.680. The molecule has 0 N–H and O–H groups in total. The number of aryl methyl sites for hydroxylation is 1. The van der Waals surface area contributed by atoms with Crippen molar-refractivity contribution in [3.63, 3.8) is 0 Å². The normalized spacial score (nSPS) is 10.0. The fraction of sp³-hybridized carbons (Fsp3) is 0.200. The van der Waals surface area contributed by atoms with Crippen LogP contribution in [0.5, 0.6) is 0 Å². The van der Waals surface area contributed by atoms with Crippen LogP contribution in [0.3, 0.4) is 0 Å². The number of nitrogens with zero attached hydrogens (tertiary/aromatic N) is 2. The summed E-state index contributed by atoms with van der Waals surface area (Å²) in [5.74, 6) is 0.0867. The van der Waals surface area contributed by atoms with Crippen LogP contribution in [0.2, 0.25) is 0 Å². The molecule has 2 rings (SSSR count). The lowest BCUT2D eigenvalue weighted by Gasteiger charge is -1.99. The Labute approximate surface area is 106 Å². The third-order valence-corrected chi connectivity index (χ3v) is 2.72. The van der Waals surface area contributed by atoms with E-state index in [-0.39, 0.29) is 22.8 Å². The van der Waals surface area contributed by atoms with E-state index in [1.807, 2.05) is 25.2 Å². The summed E-state index contributed by atoms with van der Waals surface area (Å²) in [6.45, 7) is 0. The number of carbonyl (C=O) groups excluding carboxylic acids is 1. The molecule has 0 saturated heterocycles. The minimum Gasteiger partial charge on any atom is -0.293 e. The third kappa shape index (κ3) is 2.13. The van der Waals surface area contributed by atoms with E-state index in [9.17, 15) is 4.79 Å². The average molecular weight is 334 g/mol. The van der Waals surface area contributed by atoms with Gasteiger partial charge in [-0.05, 0) is 6.07 Å². The molecule has 0 radical (unpaired) electrons. The third-order valence-electron chi connectivity index (χ3n) is 2.21. The number of Topliss-reactive ketones (excluding diaryl/α,β-unsaturated/α-hetero) is 1. The average Bonchev–Trinajstić information content (AvgIpc) is 2.59. The maximum atomic E-state index is 11.6. The van der Waals surface area contributed by atoms with Crippen LogP contribution in [0.15, 0.2) is 24.4 Å². The van der Waals surface area contributed by atoms with Crippen molar-refractivity contribution in [2.75, 3.05) is 5.33 Å². The Morgan fingerprint density at radius 3 is 2.93 bits per heavy atom. The molecule has 0 spiro atoms. The van der Waals surface area contributed by atoms with E-state index in [0.717, 1.165) is 16.5 Å². The molecule has 3 nitrogen and oxygen atoms in total. The van der Waals surface area contributed by atoms with E-state index in [2.05, 4.69) is 21.0 Å². The highest BCUT2D eigenvalue weighted by atomic mass is 79.9. The molecule has 0 saturated carbocycles. The fourth-order valence-electron chi connectivity index (χ4n) is 1.49. The zero-order valence-corrected chi connectivity index (χ0v) is 11.4. The summed E-state index contributed by atoms with van der Waals surface area (Å²) < 4.78 is 1.76. The van der Waals surface area contributed by atoms with Gasteiger partial charge in [-0.2, -0.15) is 5.10 Å². The first-order chi connectivity index (χ1) is 6.74. The Balaban J connectivity index is 0.00000112. The topological polar surface area (TPSA) is 34.9 Å². The predicted molar refractivity (Wildman–Crippen MR) is 69.2 cm³/mol. The number of aromatic nitrogens is 2. The number of fused-ring (bicyclic) bond motifs is 1. The molecule has 1 aromatic heterocycles. The Morgan fingerprint density at radius 2 is 2.27 bits per heavy atom. The van der Waals surface area contributed by atoms with E-state index in [0.29, 0.717) is 5.33 Å². The van der Waals surface area contributed by atoms with Crippen LogP contribution in [0.4, 0.5) is 0 Å². The van der Waals surface area contributed by atoms with Crippen LogP contribution >= 0.6 is 32.9 Å². The molecule has 0 unspecified atom stereocenters. The molecule has 80 valence electrons. The van der Waals surface area contributed by atoms with Crippen molar-refractivity contribution < 1.29 is 4.79 Å². The maximum Gasteiger partial charge on any atom is 0.174 e. The van der Waals surface area contributed by atoms with Crippen molar-refractivity contribution in [2.24, 2.45) is 7.05 Å². The van der Waals surface area contributed by atoms with Gasteiger partial charge in [0.2, 0.25) is 0 Å². The zero-order valence-electron chi connectivity index (χ0n) is 8.11. The number of hydrogen-bond acceptors (Lipinski definition) is 2. The monoisotopic (exact) mass is 332 g/mol. The summed E-state index contributed by atoms with van der Waals surface area (Å²) in [4.78, 5) is 11.6. The highest BCUT2D eigenvalue weighted by Crippen LogP contribution is 2.18. The summed E-state index contributed by atoms with van der Waals surface area (Å²) >= 11 is 3.17. The van der Waals surface area contributed by atoms with E-state index < -0.39 is 0 Å². The molecule has 0 amide bonds. The van der Waals surface area contributed by atoms with Crippen molar-refractivity contribution in [3.8, 4) is 0 Å². The van der Waals surface area contributed by atoms with E-state index >= 15 is 0 Å². The van der Waals surface area contributed by atoms with Crippen molar-refractivity contribution >= 4 is 49.6 Å². The Kier molecular flexibility index (Phi) is 4.04. The SMILES string of the molecule is Br.Cn1ncc2c(C(=O)CBr)cccc21. The number of ketones is 1. The Bertz CT molecular complexity index is 493. The lowest BCUT2D eigenvalue weighted by Crippen LogP contribution is -2.00. The molecule has 1 heterocycles. The summed E-state index contributed by atoms with van der Waals surface area (Å²) in [6, 6.07) is 5.65. The summed E-state index contributed by atoms with van der Waals surface area (Å²) in [6.07, 6.45) is 1.73. The number of hydrogen-bond donors (Lipinski definition) is 0. The lowest BCUT2D eigenvalue weighted by atomic mass is 10.1. The summed E-state index contributed by atoms with van der Waals surface area (Å²) in [5, 5.41) is 5.39. The standard InChI is InChI=1S/C10H9BrN2O.BrH/c1-13-9-4-2-3-7(10(14)5-11)8(9)6-12-13;/h2-4,6H,5H2,1H3;1H. The molecule has 0 atom stereocenters. The first-order valence-electron chi connectivity index (χ1n) is 4.24. The molecule has 15 heavy (non-hydrogen) atoms. The van der Waals surface area contributed by atoms with Crippen molar-refractivity contribution in [2.45, 2.75) is 0 Å². The van der Waals surface area contributed by atoms with Gasteiger partial charge in [-0.3, -0.25) is 9.48 Å². The number of halogens is 2. The summed E-state index contributed by atoms with van der Waals surface area (Å²) in [5.41, 5.74) is 1.71. The van der Waals surface area contributed by atoms with E-state index in [1.54, 1.807) is 10.9 Å². The number of rotatable bonds is 2. The molecule has 0 fully saturated rings. The molecule has 2 aromatic rings. The van der Waals surface area contributed by atoms with Crippen LogP contribution in [-0.4, -0.2) is 20.9 Å². The van der Waals surface area contributed by atoms with Gasteiger partial charge < -0.3 is 0 Å². The van der Waals surface area contributed by atoms with Gasteiger partial charge in [-0.15, -0.1) is 17.0 Å². The van der Waals surface area contributed by atoms with Gasteiger partial charge in [0.1, 0.15) is 0 Å². The van der Waals surface area contributed by atoms with Gasteiger partial charge in [0.05, 0.1) is 17.0 Å². The molecule has 1 aromatic carbocycles. The fourth-order valence-corrected chi connectivity index (χ4v) is 1.79. The quantitative estimate of drug-likeness (QED) is 0.625.